The largest absolute Gasteiger partial charge is 0.301 e. The summed E-state index contributed by atoms with van der Waals surface area (Å²) in [4.78, 5) is 2.25. The summed E-state index contributed by atoms with van der Waals surface area (Å²) in [7, 11) is -0.852. The zero-order valence-electron chi connectivity index (χ0n) is 11.4. The molecule has 1 aliphatic heterocycles. The quantitative estimate of drug-likeness (QED) is 0.734. The summed E-state index contributed by atoms with van der Waals surface area (Å²) in [6.45, 7) is 5.61. The second-order valence-electron chi connectivity index (χ2n) is 4.52. The Balaban J connectivity index is 2.11. The Morgan fingerprint density at radius 1 is 1.47 bits per heavy atom. The molecule has 9 heteroatoms. The van der Waals surface area contributed by atoms with Crippen molar-refractivity contribution >= 4 is 27.5 Å². The molecular formula is C10H20N4O2P2S. The first-order chi connectivity index (χ1) is 8.98. The van der Waals surface area contributed by atoms with Crippen molar-refractivity contribution in [2.75, 3.05) is 26.9 Å². The summed E-state index contributed by atoms with van der Waals surface area (Å²) in [5.74, 6) is 0. The van der Waals surface area contributed by atoms with Crippen LogP contribution in [0.25, 0.3) is 0 Å². The van der Waals surface area contributed by atoms with Gasteiger partial charge < -0.3 is 4.90 Å². The molecule has 0 spiro atoms. The van der Waals surface area contributed by atoms with E-state index in [0.717, 1.165) is 19.5 Å². The number of sulfonamides is 1. The molecular weight excluding hydrogens is 302 g/mol. The van der Waals surface area contributed by atoms with E-state index in [-0.39, 0.29) is 22.5 Å². The third kappa shape index (κ3) is 3.17. The number of likely N-dealkylation sites (N-methyl/N-ethyl adjacent to an activating group) is 1. The maximum absolute atomic E-state index is 12.3. The van der Waals surface area contributed by atoms with Gasteiger partial charge in [-0.2, -0.15) is 8.94 Å². The smallest absolute Gasteiger partial charge is 0.268 e. The second-order valence-corrected chi connectivity index (χ2v) is 9.13. The summed E-state index contributed by atoms with van der Waals surface area (Å²) in [6.07, 6.45) is 2.91. The first-order valence-electron chi connectivity index (χ1n) is 6.13. The fourth-order valence-corrected chi connectivity index (χ4v) is 6.05. The van der Waals surface area contributed by atoms with E-state index >= 15 is 0 Å². The number of likely N-dealkylation sites (tertiary alicyclic amines) is 1. The Hall–Kier alpha value is -0.0600. The van der Waals surface area contributed by atoms with Crippen LogP contribution in [0, 0.1) is 0 Å². The van der Waals surface area contributed by atoms with Crippen molar-refractivity contribution in [3.05, 3.63) is 12.3 Å². The zero-order valence-corrected chi connectivity index (χ0v) is 14.2. The molecule has 19 heavy (non-hydrogen) atoms. The summed E-state index contributed by atoms with van der Waals surface area (Å²) < 4.78 is 27.8. The van der Waals surface area contributed by atoms with E-state index in [1.54, 1.807) is 16.9 Å². The topological polar surface area (TPSA) is 58.4 Å². The van der Waals surface area contributed by atoms with E-state index in [2.05, 4.69) is 17.0 Å². The van der Waals surface area contributed by atoms with Gasteiger partial charge in [0.05, 0.1) is 6.54 Å². The Labute approximate surface area is 118 Å². The lowest BCUT2D eigenvalue weighted by molar-refractivity contribution is 0.106. The highest BCUT2D eigenvalue weighted by Gasteiger charge is 2.27. The molecule has 0 radical (unpaired) electrons. The average molecular weight is 322 g/mol. The third-order valence-electron chi connectivity index (χ3n) is 3.36. The number of hydrogen-bond donors (Lipinski definition) is 0. The van der Waals surface area contributed by atoms with Crippen LogP contribution < -0.4 is 0 Å². The molecule has 1 aromatic rings. The highest BCUT2D eigenvalue weighted by molar-refractivity contribution is 7.97. The van der Waals surface area contributed by atoms with Crippen LogP contribution in [0.2, 0.25) is 0 Å². The first-order valence-corrected chi connectivity index (χ1v) is 10.5. The first kappa shape index (κ1) is 15.3. The molecule has 1 saturated heterocycles. The van der Waals surface area contributed by atoms with Gasteiger partial charge in [0, 0.05) is 12.2 Å². The molecule has 2 unspecified atom stereocenters. The van der Waals surface area contributed by atoms with Crippen molar-refractivity contribution in [2.24, 2.45) is 0 Å². The van der Waals surface area contributed by atoms with Gasteiger partial charge in [0.15, 0.2) is 5.03 Å². The van der Waals surface area contributed by atoms with E-state index in [9.17, 15) is 8.42 Å². The molecule has 1 aromatic heterocycles. The fourth-order valence-electron chi connectivity index (χ4n) is 2.04. The summed E-state index contributed by atoms with van der Waals surface area (Å²) in [6, 6.07) is 2.08. The van der Waals surface area contributed by atoms with Crippen molar-refractivity contribution in [2.45, 2.75) is 24.0 Å². The highest BCUT2D eigenvalue weighted by Crippen LogP contribution is 2.34. The summed E-state index contributed by atoms with van der Waals surface area (Å²) >= 11 is 0. The van der Waals surface area contributed by atoms with Gasteiger partial charge in [-0.05, 0) is 56.9 Å². The van der Waals surface area contributed by atoms with Crippen LogP contribution in [0.4, 0.5) is 0 Å². The van der Waals surface area contributed by atoms with E-state index in [1.165, 1.54) is 3.85 Å². The van der Waals surface area contributed by atoms with Crippen LogP contribution in [0.5, 0.6) is 0 Å². The molecule has 6 nitrogen and oxygen atoms in total. The van der Waals surface area contributed by atoms with Crippen LogP contribution >= 0.6 is 17.5 Å². The van der Waals surface area contributed by atoms with Gasteiger partial charge >= 0.3 is 0 Å². The van der Waals surface area contributed by atoms with Gasteiger partial charge in [-0.1, -0.05) is 0 Å². The van der Waals surface area contributed by atoms with Crippen molar-refractivity contribution in [1.29, 1.82) is 0 Å². The molecule has 2 heterocycles. The molecule has 2 rings (SSSR count). The Morgan fingerprint density at radius 2 is 2.16 bits per heavy atom. The number of nitrogens with zero attached hydrogens (tertiary/aromatic N) is 4. The van der Waals surface area contributed by atoms with Crippen LogP contribution in [-0.2, 0) is 16.6 Å². The minimum absolute atomic E-state index is 0.165. The van der Waals surface area contributed by atoms with Crippen molar-refractivity contribution in [1.82, 2.24) is 18.5 Å². The van der Waals surface area contributed by atoms with Gasteiger partial charge in [-0.25, -0.2) is 8.42 Å². The van der Waals surface area contributed by atoms with Gasteiger partial charge in [-0.15, -0.1) is 0 Å². The fraction of sp³-hybridized carbons (Fsp3) is 0.700. The third-order valence-corrected chi connectivity index (χ3v) is 9.28. The Morgan fingerprint density at radius 3 is 2.63 bits per heavy atom. The second kappa shape index (κ2) is 6.15. The predicted octanol–water partition coefficient (Wildman–Crippen LogP) is 1.02. The summed E-state index contributed by atoms with van der Waals surface area (Å²) in [5, 5.41) is 4.39. The van der Waals surface area contributed by atoms with Crippen molar-refractivity contribution in [3.63, 3.8) is 0 Å². The number of hydrogen-bond acceptors (Lipinski definition) is 4. The lowest BCUT2D eigenvalue weighted by Gasteiger charge is -2.37. The molecule has 1 fully saturated rings. The zero-order chi connectivity index (χ0) is 14.0. The standard InChI is InChI=1S/C10H20N4O2P2S/c1-12-6-4-9(12)8-13-7-5-10(11-13)19(15,16)14(17-2)18-3/h5,7,9,17-18H,4,6,8H2,1-3H3/t9-/m0/s1. The maximum atomic E-state index is 12.3. The van der Waals surface area contributed by atoms with Gasteiger partial charge in [-0.3, -0.25) is 4.68 Å². The van der Waals surface area contributed by atoms with Crippen LogP contribution in [-0.4, -0.2) is 59.9 Å². The highest BCUT2D eigenvalue weighted by atomic mass is 32.2. The minimum Gasteiger partial charge on any atom is -0.301 e. The minimum atomic E-state index is -3.41. The molecule has 0 aliphatic carbocycles. The van der Waals surface area contributed by atoms with Crippen LogP contribution in [0.1, 0.15) is 6.42 Å². The van der Waals surface area contributed by atoms with E-state index in [4.69, 9.17) is 0 Å². The lowest BCUT2D eigenvalue weighted by Crippen LogP contribution is -2.47. The molecule has 0 aromatic carbocycles. The lowest BCUT2D eigenvalue weighted by atomic mass is 10.1. The van der Waals surface area contributed by atoms with Gasteiger partial charge in [0.2, 0.25) is 0 Å². The molecule has 0 amide bonds. The molecule has 0 bridgehead atoms. The Bertz CT molecular complexity index is 529. The Kier molecular flexibility index (Phi) is 4.96. The summed E-state index contributed by atoms with van der Waals surface area (Å²) in [5.41, 5.74) is 0. The maximum Gasteiger partial charge on any atom is 0.268 e. The normalized spacial score (nSPS) is 22.0. The predicted molar refractivity (Wildman–Crippen MR) is 80.8 cm³/mol. The SMILES string of the molecule is CPN(PC)S(=O)(=O)c1ccn(C[C@@H]2CCN2C)n1. The van der Waals surface area contributed by atoms with Crippen molar-refractivity contribution in [3.8, 4) is 0 Å². The monoisotopic (exact) mass is 322 g/mol. The van der Waals surface area contributed by atoms with Crippen molar-refractivity contribution < 1.29 is 8.42 Å². The number of rotatable bonds is 6. The number of aromatic nitrogens is 2. The van der Waals surface area contributed by atoms with E-state index < -0.39 is 10.0 Å². The molecule has 3 atom stereocenters. The van der Waals surface area contributed by atoms with E-state index in [1.807, 2.05) is 13.3 Å². The van der Waals surface area contributed by atoms with Gasteiger partial charge in [0.1, 0.15) is 0 Å². The molecule has 0 N–H and O–H groups in total. The van der Waals surface area contributed by atoms with Crippen LogP contribution in [0.15, 0.2) is 17.3 Å². The van der Waals surface area contributed by atoms with Crippen LogP contribution in [0.3, 0.4) is 0 Å². The average Bonchev–Trinajstić information content (AvgIpc) is 2.84. The molecule has 108 valence electrons. The van der Waals surface area contributed by atoms with E-state index in [0.29, 0.717) is 6.04 Å². The van der Waals surface area contributed by atoms with Gasteiger partial charge in [0.25, 0.3) is 10.0 Å². The molecule has 1 aliphatic rings. The molecule has 0 saturated carbocycles.